The standard InChI is InChI=1S/C20H18ClF3N4O2S/c1-30-11-10-28-18(13-6-3-2-4-7-13)26-27-19(28)31-12-16(29)25-17-14(20(22,23)24)8-5-9-15(17)21/h2-9H,10-12H2,1H3,(H,25,29). The van der Waals surface area contributed by atoms with Crippen LogP contribution >= 0.6 is 23.4 Å². The maximum Gasteiger partial charge on any atom is 0.418 e. The van der Waals surface area contributed by atoms with E-state index in [-0.39, 0.29) is 10.8 Å². The van der Waals surface area contributed by atoms with Crippen LogP contribution < -0.4 is 5.32 Å². The summed E-state index contributed by atoms with van der Waals surface area (Å²) >= 11 is 6.95. The van der Waals surface area contributed by atoms with Gasteiger partial charge in [-0.05, 0) is 12.1 Å². The minimum absolute atomic E-state index is 0.178. The number of ether oxygens (including phenoxy) is 1. The molecule has 1 N–H and O–H groups in total. The van der Waals surface area contributed by atoms with Crippen LogP contribution in [0.5, 0.6) is 0 Å². The molecule has 2 aromatic carbocycles. The summed E-state index contributed by atoms with van der Waals surface area (Å²) in [5, 5.41) is 10.8. The van der Waals surface area contributed by atoms with Crippen molar-refractivity contribution in [2.75, 3.05) is 24.8 Å². The molecule has 11 heteroatoms. The second-order valence-electron chi connectivity index (χ2n) is 6.31. The number of nitrogens with zero attached hydrogens (tertiary/aromatic N) is 3. The molecule has 0 bridgehead atoms. The van der Waals surface area contributed by atoms with Crippen molar-refractivity contribution in [1.29, 1.82) is 0 Å². The third-order valence-corrected chi connectivity index (χ3v) is 5.47. The first-order valence-corrected chi connectivity index (χ1v) is 10.4. The Hall–Kier alpha value is -2.56. The Morgan fingerprint density at radius 1 is 1.16 bits per heavy atom. The van der Waals surface area contributed by atoms with Gasteiger partial charge >= 0.3 is 6.18 Å². The third-order valence-electron chi connectivity index (χ3n) is 4.18. The number of alkyl halides is 3. The quantitative estimate of drug-likeness (QED) is 0.469. The van der Waals surface area contributed by atoms with E-state index in [1.54, 1.807) is 11.7 Å². The van der Waals surface area contributed by atoms with E-state index >= 15 is 0 Å². The lowest BCUT2D eigenvalue weighted by atomic mass is 10.1. The van der Waals surface area contributed by atoms with E-state index in [0.717, 1.165) is 23.4 Å². The third kappa shape index (κ3) is 5.78. The average molecular weight is 471 g/mol. The summed E-state index contributed by atoms with van der Waals surface area (Å²) in [5.74, 6) is -0.222. The van der Waals surface area contributed by atoms with Crippen molar-refractivity contribution in [3.63, 3.8) is 0 Å². The molecule has 3 aromatic rings. The zero-order valence-electron chi connectivity index (χ0n) is 16.3. The average Bonchev–Trinajstić information content (AvgIpc) is 3.14. The van der Waals surface area contributed by atoms with Crippen LogP contribution in [0, 0.1) is 0 Å². The van der Waals surface area contributed by atoms with Crippen LogP contribution in [0.2, 0.25) is 5.02 Å². The second-order valence-corrected chi connectivity index (χ2v) is 7.66. The minimum Gasteiger partial charge on any atom is -0.383 e. The number of para-hydroxylation sites is 1. The van der Waals surface area contributed by atoms with Gasteiger partial charge in [-0.25, -0.2) is 0 Å². The summed E-state index contributed by atoms with van der Waals surface area (Å²) < 4.78 is 46.6. The molecule has 6 nitrogen and oxygen atoms in total. The molecule has 31 heavy (non-hydrogen) atoms. The molecule has 164 valence electrons. The van der Waals surface area contributed by atoms with Crippen LogP contribution in [0.4, 0.5) is 18.9 Å². The lowest BCUT2D eigenvalue weighted by molar-refractivity contribution is -0.137. The van der Waals surface area contributed by atoms with Crippen LogP contribution in [0.3, 0.4) is 0 Å². The maximum absolute atomic E-state index is 13.2. The normalized spacial score (nSPS) is 11.5. The summed E-state index contributed by atoms with van der Waals surface area (Å²) in [6.07, 6.45) is -4.65. The fourth-order valence-electron chi connectivity index (χ4n) is 2.77. The van der Waals surface area contributed by atoms with Crippen molar-refractivity contribution in [3.8, 4) is 11.4 Å². The number of methoxy groups -OCH3 is 1. The Balaban J connectivity index is 1.76. The Kier molecular flexibility index (Phi) is 7.58. The van der Waals surface area contributed by atoms with Crippen molar-refractivity contribution >= 4 is 35.0 Å². The number of hydrogen-bond acceptors (Lipinski definition) is 5. The van der Waals surface area contributed by atoms with Gasteiger partial charge < -0.3 is 10.1 Å². The molecule has 0 spiro atoms. The Labute approximate surface area is 185 Å². The molecular formula is C20H18ClF3N4O2S. The summed E-state index contributed by atoms with van der Waals surface area (Å²) in [7, 11) is 1.56. The molecule has 1 aromatic heterocycles. The van der Waals surface area contributed by atoms with Crippen molar-refractivity contribution in [3.05, 3.63) is 59.1 Å². The Morgan fingerprint density at radius 2 is 1.90 bits per heavy atom. The number of carbonyl (C=O) groups is 1. The van der Waals surface area contributed by atoms with E-state index < -0.39 is 23.3 Å². The van der Waals surface area contributed by atoms with Gasteiger partial charge in [0.05, 0.1) is 35.2 Å². The Bertz CT molecular complexity index is 1040. The fourth-order valence-corrected chi connectivity index (χ4v) is 3.76. The first kappa shape index (κ1) is 23.1. The van der Waals surface area contributed by atoms with Gasteiger partial charge in [0, 0.05) is 12.7 Å². The fraction of sp³-hybridized carbons (Fsp3) is 0.250. The monoisotopic (exact) mass is 470 g/mol. The van der Waals surface area contributed by atoms with Crippen molar-refractivity contribution in [1.82, 2.24) is 14.8 Å². The Morgan fingerprint density at radius 3 is 2.58 bits per heavy atom. The zero-order valence-corrected chi connectivity index (χ0v) is 17.9. The summed E-state index contributed by atoms with van der Waals surface area (Å²) in [5.41, 5.74) is -0.630. The van der Waals surface area contributed by atoms with E-state index in [1.165, 1.54) is 12.1 Å². The predicted molar refractivity (Wildman–Crippen MR) is 113 cm³/mol. The van der Waals surface area contributed by atoms with Crippen LogP contribution in [0.1, 0.15) is 5.56 Å². The number of thioether (sulfide) groups is 1. The van der Waals surface area contributed by atoms with Crippen LogP contribution in [-0.4, -0.2) is 40.1 Å². The summed E-state index contributed by atoms with van der Waals surface area (Å²) in [4.78, 5) is 12.4. The van der Waals surface area contributed by atoms with Gasteiger partial charge in [-0.2, -0.15) is 13.2 Å². The number of benzene rings is 2. The molecule has 0 saturated heterocycles. The molecule has 0 aliphatic rings. The van der Waals surface area contributed by atoms with E-state index in [0.29, 0.717) is 24.1 Å². The van der Waals surface area contributed by atoms with E-state index in [1.807, 2.05) is 30.3 Å². The molecule has 0 saturated carbocycles. The molecule has 0 unspecified atom stereocenters. The second kappa shape index (κ2) is 10.2. The van der Waals surface area contributed by atoms with Gasteiger partial charge in [0.25, 0.3) is 0 Å². The van der Waals surface area contributed by atoms with E-state index in [9.17, 15) is 18.0 Å². The minimum atomic E-state index is -4.65. The van der Waals surface area contributed by atoms with Crippen LogP contribution in [-0.2, 0) is 22.3 Å². The number of amides is 1. The van der Waals surface area contributed by atoms with Crippen LogP contribution in [0.25, 0.3) is 11.4 Å². The lowest BCUT2D eigenvalue weighted by Gasteiger charge is -2.15. The molecule has 1 heterocycles. The summed E-state index contributed by atoms with van der Waals surface area (Å²) in [6.45, 7) is 0.840. The van der Waals surface area contributed by atoms with Gasteiger partial charge in [0.1, 0.15) is 0 Å². The first-order chi connectivity index (χ1) is 14.8. The topological polar surface area (TPSA) is 69.0 Å². The van der Waals surface area contributed by atoms with Crippen molar-refractivity contribution < 1.29 is 22.7 Å². The zero-order chi connectivity index (χ0) is 22.4. The van der Waals surface area contributed by atoms with Gasteiger partial charge in [-0.1, -0.05) is 59.8 Å². The lowest BCUT2D eigenvalue weighted by Crippen LogP contribution is -2.19. The van der Waals surface area contributed by atoms with E-state index in [4.69, 9.17) is 16.3 Å². The van der Waals surface area contributed by atoms with Gasteiger partial charge in [0.15, 0.2) is 11.0 Å². The molecular weight excluding hydrogens is 453 g/mol. The molecule has 0 aliphatic heterocycles. The van der Waals surface area contributed by atoms with Gasteiger partial charge in [-0.15, -0.1) is 10.2 Å². The number of rotatable bonds is 8. The van der Waals surface area contributed by atoms with Crippen molar-refractivity contribution in [2.24, 2.45) is 0 Å². The first-order valence-electron chi connectivity index (χ1n) is 9.07. The van der Waals surface area contributed by atoms with Gasteiger partial charge in [0.2, 0.25) is 5.91 Å². The highest BCUT2D eigenvalue weighted by Crippen LogP contribution is 2.38. The number of halogens is 4. The number of hydrogen-bond donors (Lipinski definition) is 1. The molecule has 0 fully saturated rings. The molecule has 3 rings (SSSR count). The highest BCUT2D eigenvalue weighted by molar-refractivity contribution is 7.99. The van der Waals surface area contributed by atoms with E-state index in [2.05, 4.69) is 15.5 Å². The van der Waals surface area contributed by atoms with Crippen LogP contribution in [0.15, 0.2) is 53.7 Å². The van der Waals surface area contributed by atoms with Gasteiger partial charge in [-0.3, -0.25) is 9.36 Å². The summed E-state index contributed by atoms with van der Waals surface area (Å²) in [6, 6.07) is 12.7. The highest BCUT2D eigenvalue weighted by atomic mass is 35.5. The maximum atomic E-state index is 13.2. The molecule has 1 amide bonds. The largest absolute Gasteiger partial charge is 0.418 e. The molecule has 0 radical (unpaired) electrons. The van der Waals surface area contributed by atoms with Crippen molar-refractivity contribution in [2.45, 2.75) is 17.9 Å². The molecule has 0 aliphatic carbocycles. The predicted octanol–water partition coefficient (Wildman–Crippen LogP) is 4.99. The smallest absolute Gasteiger partial charge is 0.383 e. The highest BCUT2D eigenvalue weighted by Gasteiger charge is 2.34. The number of aromatic nitrogens is 3. The number of nitrogens with one attached hydrogen (secondary N) is 1. The molecule has 0 atom stereocenters. The SMILES string of the molecule is COCCn1c(SCC(=O)Nc2c(Cl)cccc2C(F)(F)F)nnc1-c1ccccc1. The number of anilines is 1. The number of carbonyl (C=O) groups excluding carboxylic acids is 1.